The molecule has 0 bridgehead atoms. The number of aliphatic hydroxyl groups is 1. The first kappa shape index (κ1) is 21.1. The number of hydrogen-bond acceptors (Lipinski definition) is 5. The molecule has 1 fully saturated rings. The van der Waals surface area contributed by atoms with Gasteiger partial charge in [-0.25, -0.2) is 0 Å². The van der Waals surface area contributed by atoms with E-state index >= 15 is 0 Å². The van der Waals surface area contributed by atoms with Gasteiger partial charge in [0.1, 0.15) is 11.5 Å². The number of nitrogens with zero attached hydrogens (tertiary/aromatic N) is 1. The van der Waals surface area contributed by atoms with Crippen molar-refractivity contribution in [3.05, 3.63) is 71.3 Å². The van der Waals surface area contributed by atoms with E-state index in [1.165, 1.54) is 4.90 Å². The van der Waals surface area contributed by atoms with Gasteiger partial charge in [-0.1, -0.05) is 42.5 Å². The molecule has 1 unspecified atom stereocenters. The molecule has 2 aromatic carbocycles. The molecule has 1 saturated heterocycles. The van der Waals surface area contributed by atoms with E-state index in [2.05, 4.69) is 0 Å². The van der Waals surface area contributed by atoms with Gasteiger partial charge in [0.2, 0.25) is 0 Å². The van der Waals surface area contributed by atoms with Crippen LogP contribution in [-0.4, -0.2) is 45.9 Å². The molecule has 1 atom stereocenters. The Balaban J connectivity index is 2.06. The zero-order valence-electron chi connectivity index (χ0n) is 16.6. The molecular weight excluding hydrogens is 386 g/mol. The molecule has 0 spiro atoms. The Hall–Kier alpha value is -3.61. The van der Waals surface area contributed by atoms with Gasteiger partial charge in [0.25, 0.3) is 11.7 Å². The molecule has 1 aliphatic heterocycles. The Morgan fingerprint density at radius 3 is 2.30 bits per heavy atom. The lowest BCUT2D eigenvalue weighted by molar-refractivity contribution is -0.140. The maximum atomic E-state index is 12.8. The minimum absolute atomic E-state index is 0.00863. The SMILES string of the molecule is CCOc1ccc(C2/C(=C(\O)c3ccccc3)C(=O)C(=O)N2CCCC(=O)O)cc1. The van der Waals surface area contributed by atoms with Crippen molar-refractivity contribution in [3.8, 4) is 5.75 Å². The number of carbonyl (C=O) groups excluding carboxylic acids is 2. The number of aliphatic hydroxyl groups excluding tert-OH is 1. The largest absolute Gasteiger partial charge is 0.507 e. The van der Waals surface area contributed by atoms with E-state index in [0.717, 1.165) is 0 Å². The summed E-state index contributed by atoms with van der Waals surface area (Å²) in [5, 5.41) is 19.8. The fraction of sp³-hybridized carbons (Fsp3) is 0.261. The number of ketones is 1. The van der Waals surface area contributed by atoms with Crippen molar-refractivity contribution in [1.29, 1.82) is 0 Å². The summed E-state index contributed by atoms with van der Waals surface area (Å²) < 4.78 is 5.45. The maximum Gasteiger partial charge on any atom is 0.303 e. The lowest BCUT2D eigenvalue weighted by Crippen LogP contribution is -2.31. The standard InChI is InChI=1S/C23H23NO6/c1-2-30-17-12-10-15(11-13-17)20-19(21(27)16-7-4-3-5-8-16)22(28)23(29)24(20)14-6-9-18(25)26/h3-5,7-8,10-13,20,27H,2,6,9,14H2,1H3,(H,25,26)/b21-19+. The molecule has 30 heavy (non-hydrogen) atoms. The van der Waals surface area contributed by atoms with Gasteiger partial charge >= 0.3 is 5.97 Å². The highest BCUT2D eigenvalue weighted by Gasteiger charge is 2.45. The number of rotatable bonds is 8. The van der Waals surface area contributed by atoms with Gasteiger partial charge < -0.3 is 19.8 Å². The Labute approximate surface area is 174 Å². The Morgan fingerprint density at radius 2 is 1.70 bits per heavy atom. The second kappa shape index (κ2) is 9.26. The summed E-state index contributed by atoms with van der Waals surface area (Å²) in [5.41, 5.74) is 1.05. The third kappa shape index (κ3) is 4.35. The molecule has 2 N–H and O–H groups in total. The number of Topliss-reactive ketones (excluding diaryl/α,β-unsaturated/α-hetero) is 1. The molecule has 1 heterocycles. The van der Waals surface area contributed by atoms with Crippen LogP contribution in [0.4, 0.5) is 0 Å². The number of benzene rings is 2. The third-order valence-corrected chi connectivity index (χ3v) is 4.88. The predicted octanol–water partition coefficient (Wildman–Crippen LogP) is 3.37. The van der Waals surface area contributed by atoms with Crippen LogP contribution >= 0.6 is 0 Å². The Kier molecular flexibility index (Phi) is 6.51. The minimum Gasteiger partial charge on any atom is -0.507 e. The average molecular weight is 409 g/mol. The van der Waals surface area contributed by atoms with Gasteiger partial charge in [0, 0.05) is 18.5 Å². The van der Waals surface area contributed by atoms with E-state index in [0.29, 0.717) is 23.5 Å². The molecule has 7 heteroatoms. The van der Waals surface area contributed by atoms with Crippen molar-refractivity contribution in [3.63, 3.8) is 0 Å². The van der Waals surface area contributed by atoms with Crippen molar-refractivity contribution in [2.24, 2.45) is 0 Å². The number of carboxylic acids is 1. The van der Waals surface area contributed by atoms with Crippen LogP contribution in [0.3, 0.4) is 0 Å². The Morgan fingerprint density at radius 1 is 1.03 bits per heavy atom. The number of likely N-dealkylation sites (tertiary alicyclic amines) is 1. The van der Waals surface area contributed by atoms with Crippen LogP contribution in [-0.2, 0) is 14.4 Å². The van der Waals surface area contributed by atoms with Crippen LogP contribution in [0.25, 0.3) is 5.76 Å². The summed E-state index contributed by atoms with van der Waals surface area (Å²) in [7, 11) is 0. The maximum absolute atomic E-state index is 12.8. The smallest absolute Gasteiger partial charge is 0.303 e. The first-order valence-electron chi connectivity index (χ1n) is 9.72. The average Bonchev–Trinajstić information content (AvgIpc) is 2.99. The molecule has 156 valence electrons. The van der Waals surface area contributed by atoms with Crippen LogP contribution in [0.15, 0.2) is 60.2 Å². The van der Waals surface area contributed by atoms with Crippen LogP contribution < -0.4 is 4.74 Å². The summed E-state index contributed by atoms with van der Waals surface area (Å²) in [6, 6.07) is 14.7. The van der Waals surface area contributed by atoms with Gasteiger partial charge in [-0.15, -0.1) is 0 Å². The number of carboxylic acid groups (broad SMARTS) is 1. The highest BCUT2D eigenvalue weighted by Crippen LogP contribution is 2.39. The van der Waals surface area contributed by atoms with Gasteiger partial charge in [-0.2, -0.15) is 0 Å². The lowest BCUT2D eigenvalue weighted by atomic mass is 9.95. The normalized spacial score (nSPS) is 17.9. The summed E-state index contributed by atoms with van der Waals surface area (Å²) >= 11 is 0. The number of carbonyl (C=O) groups is 3. The molecule has 0 radical (unpaired) electrons. The van der Waals surface area contributed by atoms with E-state index < -0.39 is 23.7 Å². The first-order valence-corrected chi connectivity index (χ1v) is 9.72. The second-order valence-electron chi connectivity index (χ2n) is 6.86. The molecule has 7 nitrogen and oxygen atoms in total. The van der Waals surface area contributed by atoms with Crippen LogP contribution in [0.5, 0.6) is 5.75 Å². The zero-order chi connectivity index (χ0) is 21.7. The van der Waals surface area contributed by atoms with Gasteiger partial charge in [0.05, 0.1) is 18.2 Å². The molecule has 1 aliphatic rings. The van der Waals surface area contributed by atoms with E-state index in [-0.39, 0.29) is 30.7 Å². The summed E-state index contributed by atoms with van der Waals surface area (Å²) in [6.45, 7) is 2.45. The number of amides is 1. The van der Waals surface area contributed by atoms with Crippen molar-refractivity contribution in [1.82, 2.24) is 4.90 Å². The highest BCUT2D eigenvalue weighted by atomic mass is 16.5. The summed E-state index contributed by atoms with van der Waals surface area (Å²) in [6.07, 6.45) is 0.0684. The molecule has 0 aromatic heterocycles. The van der Waals surface area contributed by atoms with Gasteiger partial charge in [-0.05, 0) is 31.0 Å². The summed E-state index contributed by atoms with van der Waals surface area (Å²) in [4.78, 5) is 37.8. The molecule has 2 aromatic rings. The summed E-state index contributed by atoms with van der Waals surface area (Å²) in [5.74, 6) is -2.13. The lowest BCUT2D eigenvalue weighted by Gasteiger charge is -2.25. The quantitative estimate of drug-likeness (QED) is 0.394. The number of aliphatic carboxylic acids is 1. The second-order valence-corrected chi connectivity index (χ2v) is 6.86. The molecule has 1 amide bonds. The molecule has 0 saturated carbocycles. The molecule has 0 aliphatic carbocycles. The predicted molar refractivity (Wildman–Crippen MR) is 110 cm³/mol. The van der Waals surface area contributed by atoms with E-state index in [1.54, 1.807) is 54.6 Å². The highest BCUT2D eigenvalue weighted by molar-refractivity contribution is 6.46. The third-order valence-electron chi connectivity index (χ3n) is 4.88. The van der Waals surface area contributed by atoms with Crippen molar-refractivity contribution in [2.75, 3.05) is 13.2 Å². The topological polar surface area (TPSA) is 104 Å². The van der Waals surface area contributed by atoms with Crippen LogP contribution in [0, 0.1) is 0 Å². The van der Waals surface area contributed by atoms with Crippen LogP contribution in [0.1, 0.15) is 36.9 Å². The number of ether oxygens (including phenoxy) is 1. The van der Waals surface area contributed by atoms with Crippen molar-refractivity contribution >= 4 is 23.4 Å². The fourth-order valence-corrected chi connectivity index (χ4v) is 3.52. The van der Waals surface area contributed by atoms with E-state index in [4.69, 9.17) is 9.84 Å². The Bertz CT molecular complexity index is 965. The van der Waals surface area contributed by atoms with E-state index in [1.807, 2.05) is 6.92 Å². The zero-order valence-corrected chi connectivity index (χ0v) is 16.6. The van der Waals surface area contributed by atoms with Gasteiger partial charge in [-0.3, -0.25) is 14.4 Å². The fourth-order valence-electron chi connectivity index (χ4n) is 3.52. The van der Waals surface area contributed by atoms with Crippen molar-refractivity contribution < 1.29 is 29.3 Å². The minimum atomic E-state index is -0.978. The van der Waals surface area contributed by atoms with Crippen molar-refractivity contribution in [2.45, 2.75) is 25.8 Å². The monoisotopic (exact) mass is 409 g/mol. The first-order chi connectivity index (χ1) is 14.4. The van der Waals surface area contributed by atoms with E-state index in [9.17, 15) is 19.5 Å². The number of hydrogen-bond donors (Lipinski definition) is 2. The van der Waals surface area contributed by atoms with Gasteiger partial charge in [0.15, 0.2) is 0 Å². The molecular formula is C23H23NO6. The molecule has 3 rings (SSSR count). The van der Waals surface area contributed by atoms with Crippen LogP contribution in [0.2, 0.25) is 0 Å².